The number of nitrogens with zero attached hydrogens (tertiary/aromatic N) is 3. The third kappa shape index (κ3) is 1.39. The lowest BCUT2D eigenvalue weighted by Crippen LogP contribution is -2.08. The molecule has 2 rings (SSSR count). The summed E-state index contributed by atoms with van der Waals surface area (Å²) in [5, 5.41) is 4.02. The molecular formula is C9H10N4O2. The molecule has 78 valence electrons. The van der Waals surface area contributed by atoms with Crippen LogP contribution in [0.15, 0.2) is 12.3 Å². The van der Waals surface area contributed by atoms with Gasteiger partial charge < -0.3 is 10.5 Å². The Labute approximate surface area is 85.7 Å². The average molecular weight is 206 g/mol. The number of aryl methyl sites for hydroxylation is 1. The van der Waals surface area contributed by atoms with E-state index in [4.69, 9.17) is 5.73 Å². The van der Waals surface area contributed by atoms with Gasteiger partial charge in [-0.1, -0.05) is 0 Å². The molecule has 0 saturated carbocycles. The van der Waals surface area contributed by atoms with Gasteiger partial charge in [-0.15, -0.1) is 0 Å². The highest BCUT2D eigenvalue weighted by atomic mass is 16.5. The molecule has 0 unspecified atom stereocenters. The second kappa shape index (κ2) is 3.23. The van der Waals surface area contributed by atoms with Crippen molar-refractivity contribution < 1.29 is 9.53 Å². The Hall–Kier alpha value is -2.11. The van der Waals surface area contributed by atoms with Crippen LogP contribution in [-0.2, 0) is 4.74 Å². The van der Waals surface area contributed by atoms with Crippen molar-refractivity contribution >= 4 is 17.3 Å². The van der Waals surface area contributed by atoms with Gasteiger partial charge in [-0.2, -0.15) is 5.10 Å². The number of carbonyl (C=O) groups is 1. The Morgan fingerprint density at radius 1 is 1.60 bits per heavy atom. The third-order valence-electron chi connectivity index (χ3n) is 2.07. The van der Waals surface area contributed by atoms with Crippen LogP contribution in [0.1, 0.15) is 16.2 Å². The maximum Gasteiger partial charge on any atom is 0.356 e. The van der Waals surface area contributed by atoms with Gasteiger partial charge >= 0.3 is 5.97 Å². The summed E-state index contributed by atoms with van der Waals surface area (Å²) in [6.45, 7) is 1.81. The second-order valence-corrected chi connectivity index (χ2v) is 3.11. The third-order valence-corrected chi connectivity index (χ3v) is 2.07. The molecule has 0 atom stereocenters. The number of nitrogen functional groups attached to an aromatic ring is 1. The van der Waals surface area contributed by atoms with Gasteiger partial charge in [0.05, 0.1) is 19.0 Å². The highest BCUT2D eigenvalue weighted by Crippen LogP contribution is 2.13. The number of fused-ring (bicyclic) bond motifs is 1. The summed E-state index contributed by atoms with van der Waals surface area (Å²) in [6, 6.07) is 1.60. The van der Waals surface area contributed by atoms with Crippen LogP contribution < -0.4 is 5.73 Å². The first-order valence-corrected chi connectivity index (χ1v) is 4.32. The summed E-state index contributed by atoms with van der Waals surface area (Å²) in [6.07, 6.45) is 1.50. The van der Waals surface area contributed by atoms with E-state index < -0.39 is 5.97 Å². The Balaban J connectivity index is 2.70. The Bertz CT molecular complexity index is 532. The van der Waals surface area contributed by atoms with Crippen LogP contribution in [-0.4, -0.2) is 27.7 Å². The first kappa shape index (κ1) is 9.45. The zero-order valence-electron chi connectivity index (χ0n) is 8.39. The molecule has 2 aromatic rings. The van der Waals surface area contributed by atoms with E-state index in [9.17, 15) is 4.79 Å². The molecule has 2 aromatic heterocycles. The largest absolute Gasteiger partial charge is 0.464 e. The smallest absolute Gasteiger partial charge is 0.356 e. The van der Waals surface area contributed by atoms with Crippen molar-refractivity contribution in [3.8, 4) is 0 Å². The Morgan fingerprint density at radius 2 is 2.33 bits per heavy atom. The van der Waals surface area contributed by atoms with Gasteiger partial charge in [0.15, 0.2) is 11.3 Å². The zero-order chi connectivity index (χ0) is 11.0. The van der Waals surface area contributed by atoms with Crippen LogP contribution in [0.3, 0.4) is 0 Å². The zero-order valence-corrected chi connectivity index (χ0v) is 8.39. The minimum absolute atomic E-state index is 0.231. The monoisotopic (exact) mass is 206 g/mol. The van der Waals surface area contributed by atoms with Crippen molar-refractivity contribution in [2.45, 2.75) is 6.92 Å². The molecule has 0 amide bonds. The molecule has 15 heavy (non-hydrogen) atoms. The van der Waals surface area contributed by atoms with Crippen molar-refractivity contribution in [2.75, 3.05) is 12.8 Å². The maximum absolute atomic E-state index is 11.3. The number of aromatic nitrogens is 3. The van der Waals surface area contributed by atoms with Crippen molar-refractivity contribution in [1.29, 1.82) is 0 Å². The summed E-state index contributed by atoms with van der Waals surface area (Å²) < 4.78 is 6.16. The van der Waals surface area contributed by atoms with Gasteiger partial charge in [0.1, 0.15) is 0 Å². The van der Waals surface area contributed by atoms with Gasteiger partial charge in [0, 0.05) is 5.69 Å². The first-order chi connectivity index (χ1) is 7.13. The van der Waals surface area contributed by atoms with Crippen LogP contribution in [0.25, 0.3) is 5.65 Å². The molecule has 2 heterocycles. The normalized spacial score (nSPS) is 10.5. The summed E-state index contributed by atoms with van der Waals surface area (Å²) >= 11 is 0. The molecule has 0 aliphatic carbocycles. The minimum atomic E-state index is -0.485. The number of anilines is 1. The van der Waals surface area contributed by atoms with Gasteiger partial charge in [0.2, 0.25) is 0 Å². The topological polar surface area (TPSA) is 82.5 Å². The Kier molecular flexibility index (Phi) is 2.03. The van der Waals surface area contributed by atoms with Crippen LogP contribution in [0, 0.1) is 6.92 Å². The van der Waals surface area contributed by atoms with Crippen molar-refractivity contribution in [3.05, 3.63) is 23.7 Å². The molecule has 0 aliphatic heterocycles. The highest BCUT2D eigenvalue weighted by Gasteiger charge is 2.12. The molecule has 0 radical (unpaired) electrons. The summed E-state index contributed by atoms with van der Waals surface area (Å²) in [5.74, 6) is -0.485. The van der Waals surface area contributed by atoms with Crippen LogP contribution in [0.5, 0.6) is 0 Å². The van der Waals surface area contributed by atoms with Crippen molar-refractivity contribution in [3.63, 3.8) is 0 Å². The van der Waals surface area contributed by atoms with Gasteiger partial charge in [-0.3, -0.25) is 0 Å². The van der Waals surface area contributed by atoms with E-state index >= 15 is 0 Å². The number of nitrogens with two attached hydrogens (primary N) is 1. The molecule has 0 saturated heterocycles. The quantitative estimate of drug-likeness (QED) is 0.683. The first-order valence-electron chi connectivity index (χ1n) is 4.32. The van der Waals surface area contributed by atoms with E-state index in [1.54, 1.807) is 10.6 Å². The number of carbonyl (C=O) groups excluding carboxylic acids is 1. The SMILES string of the molecule is COC(=O)c1cc(C)n2ncc(N)c2n1. The fourth-order valence-electron chi connectivity index (χ4n) is 1.34. The lowest BCUT2D eigenvalue weighted by molar-refractivity contribution is 0.0594. The number of rotatable bonds is 1. The lowest BCUT2D eigenvalue weighted by Gasteiger charge is -2.02. The molecule has 0 bridgehead atoms. The van der Waals surface area contributed by atoms with Crippen LogP contribution in [0.2, 0.25) is 0 Å². The number of ether oxygens (including phenoxy) is 1. The summed E-state index contributed by atoms with van der Waals surface area (Å²) in [4.78, 5) is 15.4. The second-order valence-electron chi connectivity index (χ2n) is 3.11. The van der Waals surface area contributed by atoms with Gasteiger partial charge in [-0.05, 0) is 13.0 Å². The number of esters is 1. The van der Waals surface area contributed by atoms with E-state index in [1.807, 2.05) is 6.92 Å². The fourth-order valence-corrected chi connectivity index (χ4v) is 1.34. The minimum Gasteiger partial charge on any atom is -0.464 e. The van der Waals surface area contributed by atoms with E-state index in [-0.39, 0.29) is 5.69 Å². The average Bonchev–Trinajstić information content (AvgIpc) is 2.60. The molecule has 0 fully saturated rings. The predicted octanol–water partition coefficient (Wildman–Crippen LogP) is 0.407. The molecule has 6 heteroatoms. The summed E-state index contributed by atoms with van der Waals surface area (Å²) in [5.41, 5.74) is 7.57. The highest BCUT2D eigenvalue weighted by molar-refractivity contribution is 5.88. The molecule has 6 nitrogen and oxygen atoms in total. The van der Waals surface area contributed by atoms with E-state index in [1.165, 1.54) is 13.3 Å². The van der Waals surface area contributed by atoms with Crippen LogP contribution in [0.4, 0.5) is 5.69 Å². The van der Waals surface area contributed by atoms with Crippen LogP contribution >= 0.6 is 0 Å². The van der Waals surface area contributed by atoms with Gasteiger partial charge in [0.25, 0.3) is 0 Å². The van der Waals surface area contributed by atoms with Gasteiger partial charge in [-0.25, -0.2) is 14.3 Å². The Morgan fingerprint density at radius 3 is 3.00 bits per heavy atom. The number of hydrogen-bond donors (Lipinski definition) is 1. The maximum atomic E-state index is 11.3. The molecule has 0 aromatic carbocycles. The molecule has 2 N–H and O–H groups in total. The molecular weight excluding hydrogens is 196 g/mol. The number of hydrogen-bond acceptors (Lipinski definition) is 5. The van der Waals surface area contributed by atoms with E-state index in [0.29, 0.717) is 11.3 Å². The fraction of sp³-hybridized carbons (Fsp3) is 0.222. The van der Waals surface area contributed by atoms with E-state index in [0.717, 1.165) is 5.69 Å². The molecule has 0 aliphatic rings. The standard InChI is InChI=1S/C9H10N4O2/c1-5-3-7(9(14)15-2)12-8-6(10)4-11-13(5)8/h3-4H,10H2,1-2H3. The van der Waals surface area contributed by atoms with Crippen molar-refractivity contribution in [1.82, 2.24) is 14.6 Å². The predicted molar refractivity (Wildman–Crippen MR) is 53.5 cm³/mol. The lowest BCUT2D eigenvalue weighted by atomic mass is 10.3. The van der Waals surface area contributed by atoms with E-state index in [2.05, 4.69) is 14.8 Å². The summed E-state index contributed by atoms with van der Waals surface area (Å²) in [7, 11) is 1.31. The molecule has 0 spiro atoms. The van der Waals surface area contributed by atoms with Crippen molar-refractivity contribution in [2.24, 2.45) is 0 Å². The number of methoxy groups -OCH3 is 1.